The van der Waals surface area contributed by atoms with Gasteiger partial charge >= 0.3 is 5.92 Å². The van der Waals surface area contributed by atoms with Gasteiger partial charge in [0.15, 0.2) is 5.65 Å². The molecule has 1 N–H and O–H groups in total. The van der Waals surface area contributed by atoms with Crippen LogP contribution in [0.2, 0.25) is 0 Å². The average molecular weight is 495 g/mol. The monoisotopic (exact) mass is 495 g/mol. The number of carbonyl (C=O) groups is 1. The molecule has 1 saturated carbocycles. The van der Waals surface area contributed by atoms with Gasteiger partial charge in [0.05, 0.1) is 22.5 Å². The first-order valence-corrected chi connectivity index (χ1v) is 11.1. The molecule has 2 aromatic carbocycles. The fourth-order valence-corrected chi connectivity index (χ4v) is 4.03. The number of aryl methyl sites for hydroxylation is 1. The fraction of sp³-hybridized carbons (Fsp3) is 0.208. The number of hydrogen-bond acceptors (Lipinski definition) is 5. The molecule has 0 spiro atoms. The third-order valence-corrected chi connectivity index (χ3v) is 6.06. The molecule has 12 heteroatoms. The van der Waals surface area contributed by atoms with Gasteiger partial charge in [-0.1, -0.05) is 6.07 Å². The van der Waals surface area contributed by atoms with E-state index >= 15 is 8.78 Å². The third-order valence-electron chi connectivity index (χ3n) is 6.06. The minimum Gasteiger partial charge on any atom is -0.323 e. The first-order valence-electron chi connectivity index (χ1n) is 11.1. The van der Waals surface area contributed by atoms with Gasteiger partial charge in [0.2, 0.25) is 11.7 Å². The van der Waals surface area contributed by atoms with E-state index in [-0.39, 0.29) is 39.9 Å². The molecule has 1 aliphatic rings. The second-order valence-electron chi connectivity index (χ2n) is 8.74. The molecular weight excluding hydrogens is 478 g/mol. The number of carbonyl (C=O) groups excluding carboxylic acids is 1. The van der Waals surface area contributed by atoms with Crippen molar-refractivity contribution in [2.45, 2.75) is 18.8 Å². The van der Waals surface area contributed by atoms with E-state index in [9.17, 15) is 13.6 Å². The summed E-state index contributed by atoms with van der Waals surface area (Å²) in [7, 11) is 1.60. The average Bonchev–Trinajstić information content (AvgIpc) is 3.50. The van der Waals surface area contributed by atoms with Crippen LogP contribution in [-0.4, -0.2) is 35.5 Å². The molecule has 1 fully saturated rings. The van der Waals surface area contributed by atoms with Crippen LogP contribution in [0.1, 0.15) is 24.2 Å². The van der Waals surface area contributed by atoms with Crippen LogP contribution < -0.4 is 5.32 Å². The minimum absolute atomic E-state index is 0.00470. The molecule has 0 radical (unpaired) electrons. The molecule has 8 nitrogen and oxygen atoms in total. The molecule has 0 unspecified atom stereocenters. The summed E-state index contributed by atoms with van der Waals surface area (Å²) in [5, 5.41) is 18.4. The molecule has 182 valence electrons. The highest BCUT2D eigenvalue weighted by atomic mass is 19.3. The van der Waals surface area contributed by atoms with E-state index in [4.69, 9.17) is 0 Å². The van der Waals surface area contributed by atoms with Gasteiger partial charge < -0.3 is 5.32 Å². The first kappa shape index (κ1) is 22.1. The van der Waals surface area contributed by atoms with Gasteiger partial charge in [-0.3, -0.25) is 9.48 Å². The number of anilines is 1. The maximum absolute atomic E-state index is 15.6. The number of aromatic nitrogens is 6. The molecule has 5 aromatic rings. The lowest BCUT2D eigenvalue weighted by atomic mass is 10.0. The summed E-state index contributed by atoms with van der Waals surface area (Å²) in [5.74, 6) is -6.95. The number of nitrogens with zero attached hydrogens (tertiary/aromatic N) is 6. The van der Waals surface area contributed by atoms with Crippen molar-refractivity contribution in [3.8, 4) is 11.3 Å². The summed E-state index contributed by atoms with van der Waals surface area (Å²) in [6.45, 7) is 0. The van der Waals surface area contributed by atoms with Crippen LogP contribution in [-0.2, 0) is 17.8 Å². The van der Waals surface area contributed by atoms with Crippen LogP contribution in [0.4, 0.5) is 23.2 Å². The number of benzene rings is 2. The number of hydrogen-bond donors (Lipinski definition) is 1. The molecule has 3 heterocycles. The van der Waals surface area contributed by atoms with Gasteiger partial charge in [-0.25, -0.2) is 8.78 Å². The summed E-state index contributed by atoms with van der Waals surface area (Å²) in [5.41, 5.74) is -0.197. The summed E-state index contributed by atoms with van der Waals surface area (Å²) >= 11 is 0. The summed E-state index contributed by atoms with van der Waals surface area (Å²) in [4.78, 5) is 11.9. The van der Waals surface area contributed by atoms with E-state index in [2.05, 4.69) is 25.7 Å². The first-order chi connectivity index (χ1) is 17.2. The second-order valence-corrected chi connectivity index (χ2v) is 8.74. The molecule has 0 saturated heterocycles. The van der Waals surface area contributed by atoms with E-state index in [1.165, 1.54) is 35.1 Å². The summed E-state index contributed by atoms with van der Waals surface area (Å²) < 4.78 is 62.7. The Hall–Kier alpha value is -4.35. The van der Waals surface area contributed by atoms with Crippen molar-refractivity contribution >= 4 is 28.1 Å². The van der Waals surface area contributed by atoms with Crippen molar-refractivity contribution in [3.63, 3.8) is 0 Å². The molecule has 1 amide bonds. The Kier molecular flexibility index (Phi) is 4.82. The van der Waals surface area contributed by atoms with Crippen LogP contribution in [0.5, 0.6) is 0 Å². The predicted octanol–water partition coefficient (Wildman–Crippen LogP) is 4.44. The van der Waals surface area contributed by atoms with E-state index < -0.39 is 28.9 Å². The third kappa shape index (κ3) is 3.65. The highest BCUT2D eigenvalue weighted by molar-refractivity contribution is 5.94. The zero-order valence-electron chi connectivity index (χ0n) is 18.7. The number of fused-ring (bicyclic) bond motifs is 2. The normalized spacial score (nSPS) is 14.0. The van der Waals surface area contributed by atoms with E-state index in [1.54, 1.807) is 7.05 Å². The molecular formula is C24H17F4N7O. The lowest BCUT2D eigenvalue weighted by Crippen LogP contribution is -2.22. The molecule has 0 bridgehead atoms. The molecule has 6 rings (SSSR count). The van der Waals surface area contributed by atoms with Crippen molar-refractivity contribution in [1.29, 1.82) is 0 Å². The molecule has 1 aliphatic carbocycles. The summed E-state index contributed by atoms with van der Waals surface area (Å²) in [6.07, 6.45) is 3.06. The summed E-state index contributed by atoms with van der Waals surface area (Å²) in [6, 6.07) is 8.88. The van der Waals surface area contributed by atoms with Crippen molar-refractivity contribution in [3.05, 3.63) is 71.7 Å². The van der Waals surface area contributed by atoms with Gasteiger partial charge in [0.1, 0.15) is 11.6 Å². The van der Waals surface area contributed by atoms with Crippen LogP contribution in [0.15, 0.2) is 48.7 Å². The Labute approximate surface area is 200 Å². The lowest BCUT2D eigenvalue weighted by molar-refractivity contribution is -0.117. The molecule has 36 heavy (non-hydrogen) atoms. The van der Waals surface area contributed by atoms with Crippen LogP contribution >= 0.6 is 0 Å². The standard InChI is InChI=1S/C24H17F4N7O/c1-34-11-14-8-15(16(25)10-20(14)32-34)24(27,28)23-31-30-21-7-6-18(33-35(21)23)13-4-5-19(17(26)9-13)29-22(36)12-2-3-12/h4-12H,2-3H2,1H3,(H,29,36). The Balaban J connectivity index is 1.39. The number of halogens is 4. The van der Waals surface area contributed by atoms with E-state index in [0.29, 0.717) is 5.39 Å². The highest BCUT2D eigenvalue weighted by Crippen LogP contribution is 2.38. The zero-order valence-corrected chi connectivity index (χ0v) is 18.7. The fourth-order valence-electron chi connectivity index (χ4n) is 4.03. The molecule has 0 aliphatic heterocycles. The predicted molar refractivity (Wildman–Crippen MR) is 121 cm³/mol. The lowest BCUT2D eigenvalue weighted by Gasteiger charge is -2.15. The molecule has 0 atom stereocenters. The Bertz CT molecular complexity index is 1670. The molecule has 3 aromatic heterocycles. The van der Waals surface area contributed by atoms with Crippen molar-refractivity contribution < 1.29 is 22.4 Å². The van der Waals surface area contributed by atoms with Crippen LogP contribution in [0, 0.1) is 17.6 Å². The Morgan fingerprint density at radius 2 is 1.83 bits per heavy atom. The van der Waals surface area contributed by atoms with Crippen molar-refractivity contribution in [1.82, 2.24) is 29.6 Å². The van der Waals surface area contributed by atoms with Gasteiger partial charge in [0, 0.05) is 36.2 Å². The largest absolute Gasteiger partial charge is 0.336 e. The highest BCUT2D eigenvalue weighted by Gasteiger charge is 2.43. The van der Waals surface area contributed by atoms with Gasteiger partial charge in [-0.15, -0.1) is 10.2 Å². The Morgan fingerprint density at radius 3 is 2.58 bits per heavy atom. The topological polar surface area (TPSA) is 90.0 Å². The van der Waals surface area contributed by atoms with Crippen molar-refractivity contribution in [2.75, 3.05) is 5.32 Å². The quantitative estimate of drug-likeness (QED) is 0.364. The number of amides is 1. The number of alkyl halides is 2. The van der Waals surface area contributed by atoms with Crippen LogP contribution in [0.25, 0.3) is 27.8 Å². The SMILES string of the molecule is Cn1cc2cc(C(F)(F)c3nnc4ccc(-c5ccc(NC(=O)C6CC6)c(F)c5)nn34)c(F)cc2n1. The number of nitrogens with one attached hydrogen (secondary N) is 1. The minimum atomic E-state index is -3.89. The zero-order chi connectivity index (χ0) is 25.2. The van der Waals surface area contributed by atoms with Gasteiger partial charge in [-0.05, 0) is 43.2 Å². The maximum Gasteiger partial charge on any atom is 0.336 e. The Morgan fingerprint density at radius 1 is 1.03 bits per heavy atom. The van der Waals surface area contributed by atoms with Crippen molar-refractivity contribution in [2.24, 2.45) is 13.0 Å². The maximum atomic E-state index is 15.6. The van der Waals surface area contributed by atoms with Gasteiger partial charge in [0.25, 0.3) is 0 Å². The van der Waals surface area contributed by atoms with E-state index in [0.717, 1.165) is 35.6 Å². The smallest absolute Gasteiger partial charge is 0.323 e. The van der Waals surface area contributed by atoms with Gasteiger partial charge in [-0.2, -0.15) is 23.5 Å². The number of rotatable bonds is 5. The van der Waals surface area contributed by atoms with Crippen LogP contribution in [0.3, 0.4) is 0 Å². The van der Waals surface area contributed by atoms with E-state index in [1.807, 2.05) is 0 Å². The second kappa shape index (κ2) is 7.83.